The molecule has 2 radical (unpaired) electrons. The van der Waals surface area contributed by atoms with E-state index in [4.69, 9.17) is 0 Å². The van der Waals surface area contributed by atoms with E-state index in [9.17, 15) is 0 Å². The van der Waals surface area contributed by atoms with E-state index >= 15 is 0 Å². The summed E-state index contributed by atoms with van der Waals surface area (Å²) in [7, 11) is 4.17. The number of thiophene rings is 2. The van der Waals surface area contributed by atoms with E-state index in [1.54, 1.807) is 22.7 Å². The molecule has 2 heterocycles. The van der Waals surface area contributed by atoms with E-state index in [-0.39, 0.29) is 0 Å². The van der Waals surface area contributed by atoms with Crippen LogP contribution in [0, 0.1) is 0 Å². The van der Waals surface area contributed by atoms with Crippen LogP contribution in [0.1, 0.15) is 0 Å². The first-order valence-electron chi connectivity index (χ1n) is 2.58. The Labute approximate surface area is 84.1 Å². The van der Waals surface area contributed by atoms with E-state index in [2.05, 4.69) is 32.2 Å². The maximum atomic E-state index is 4.17. The smallest absolute Gasteiger partial charge is 0.0450 e. The topological polar surface area (TPSA) is 0 Å². The van der Waals surface area contributed by atoms with Gasteiger partial charge in [0, 0.05) is 9.40 Å². The number of rotatable bonds is 0. The van der Waals surface area contributed by atoms with Gasteiger partial charge in [-0.15, -0.1) is 22.7 Å². The molecule has 2 aromatic heterocycles. The molecule has 0 saturated heterocycles. The summed E-state index contributed by atoms with van der Waals surface area (Å²) in [4.78, 5) is 0. The van der Waals surface area contributed by atoms with Gasteiger partial charge in [0.05, 0.1) is 0 Å². The Morgan fingerprint density at radius 3 is 1.80 bits per heavy atom. The van der Waals surface area contributed by atoms with Crippen LogP contribution in [0.3, 0.4) is 0 Å². The molecule has 0 atom stereocenters. The Hall–Kier alpha value is 0.679. The van der Waals surface area contributed by atoms with Crippen molar-refractivity contribution in [2.24, 2.45) is 0 Å². The monoisotopic (exact) mass is 292 g/mol. The van der Waals surface area contributed by atoms with Crippen molar-refractivity contribution in [1.29, 1.82) is 0 Å². The van der Waals surface area contributed by atoms with Crippen LogP contribution in [0.2, 0.25) is 0 Å². The molecule has 0 saturated carbocycles. The summed E-state index contributed by atoms with van der Waals surface area (Å²) >= 11 is 4.74. The van der Waals surface area contributed by atoms with Crippen molar-refractivity contribution in [2.75, 3.05) is 0 Å². The molecule has 0 N–H and O–H groups in total. The molecule has 50 valence electrons. The Bertz CT molecular complexity index is 247. The van der Waals surface area contributed by atoms with E-state index < -0.39 is 0 Å². The molecule has 4 heteroatoms. The van der Waals surface area contributed by atoms with Gasteiger partial charge in [-0.3, -0.25) is 0 Å². The quantitative estimate of drug-likeness (QED) is 0.672. The van der Waals surface area contributed by atoms with Crippen LogP contribution in [-0.4, -0.2) is 20.6 Å². The summed E-state index contributed by atoms with van der Waals surface area (Å²) in [5, 5.41) is 4.25. The van der Waals surface area contributed by atoms with Crippen LogP contribution >= 0.6 is 32.0 Å². The van der Waals surface area contributed by atoms with E-state index in [1.165, 1.54) is 9.40 Å². The van der Waals surface area contributed by atoms with Gasteiger partial charge in [-0.05, 0) is 22.9 Å². The summed E-state index contributed by atoms with van der Waals surface area (Å²) in [6.45, 7) is 0. The van der Waals surface area contributed by atoms with Crippen LogP contribution in [0.25, 0.3) is 9.40 Å². The summed E-state index contributed by atoms with van der Waals surface area (Å²) in [5.74, 6) is 0. The van der Waals surface area contributed by atoms with E-state index in [0.717, 1.165) is 20.6 Å². The standard InChI is InChI=1S/C6H4S2.S.Sn/c1-3-7-6-2-4-8-5(1)6;;/h1-4H;;. The molecule has 0 amide bonds. The van der Waals surface area contributed by atoms with Gasteiger partial charge in [-0.2, -0.15) is 0 Å². The minimum atomic E-state index is 1.13. The average molecular weight is 291 g/mol. The summed E-state index contributed by atoms with van der Waals surface area (Å²) in [6, 6.07) is 4.31. The van der Waals surface area contributed by atoms with Gasteiger partial charge in [0.1, 0.15) is 0 Å². The molecule has 2 aromatic rings. The Kier molecular flexibility index (Phi) is 3.98. The fourth-order valence-corrected chi connectivity index (χ4v) is 2.52. The summed E-state index contributed by atoms with van der Waals surface area (Å²) < 4.78 is 2.82. The minimum absolute atomic E-state index is 1.13. The zero-order valence-corrected chi connectivity index (χ0v) is 10.3. The Morgan fingerprint density at radius 2 is 1.40 bits per heavy atom. The molecule has 0 bridgehead atoms. The molecule has 0 fully saturated rings. The van der Waals surface area contributed by atoms with Crippen molar-refractivity contribution in [3.8, 4) is 0 Å². The molecule has 0 aromatic carbocycles. The molecular formula is C6H4S3Sn. The van der Waals surface area contributed by atoms with Crippen LogP contribution in [-0.2, 0) is 0 Å². The largest absolute Gasteiger partial charge is 0.143 e. The number of hydrogen-bond acceptors (Lipinski definition) is 3. The normalized spacial score (nSPS) is 8.80. The zero-order valence-electron chi connectivity index (χ0n) is 5.03. The third kappa shape index (κ3) is 1.84. The van der Waals surface area contributed by atoms with Gasteiger partial charge < -0.3 is 0 Å². The fraction of sp³-hybridized carbons (Fsp3) is 0. The molecule has 0 spiro atoms. The maximum absolute atomic E-state index is 4.17. The van der Waals surface area contributed by atoms with Crippen molar-refractivity contribution in [3.05, 3.63) is 22.9 Å². The molecule has 0 aliphatic heterocycles. The van der Waals surface area contributed by atoms with Crippen LogP contribution < -0.4 is 0 Å². The average Bonchev–Trinajstić information content (AvgIpc) is 2.49. The van der Waals surface area contributed by atoms with Crippen molar-refractivity contribution >= 4 is 61.9 Å². The first-order chi connectivity index (χ1) is 4.97. The van der Waals surface area contributed by atoms with E-state index in [0.29, 0.717) is 0 Å². The van der Waals surface area contributed by atoms with Gasteiger partial charge in [-0.25, -0.2) is 0 Å². The van der Waals surface area contributed by atoms with Gasteiger partial charge in [0.2, 0.25) is 0 Å². The van der Waals surface area contributed by atoms with Crippen molar-refractivity contribution in [1.82, 2.24) is 0 Å². The molecule has 2 rings (SSSR count). The predicted octanol–water partition coefficient (Wildman–Crippen LogP) is 3.23. The zero-order chi connectivity index (χ0) is 7.40. The second-order valence-corrected chi connectivity index (χ2v) is 3.47. The molecule has 0 nitrogen and oxygen atoms in total. The molecular weight excluding hydrogens is 287 g/mol. The van der Waals surface area contributed by atoms with E-state index in [1.807, 2.05) is 0 Å². The minimum Gasteiger partial charge on any atom is -0.143 e. The number of fused-ring (bicyclic) bond motifs is 1. The van der Waals surface area contributed by atoms with Crippen LogP contribution in [0.4, 0.5) is 0 Å². The maximum Gasteiger partial charge on any atom is 0.0450 e. The molecule has 0 aliphatic rings. The Morgan fingerprint density at radius 1 is 1.00 bits per heavy atom. The summed E-state index contributed by atoms with van der Waals surface area (Å²) in [5.41, 5.74) is 0. The van der Waals surface area contributed by atoms with Crippen molar-refractivity contribution in [3.63, 3.8) is 0 Å². The molecule has 10 heavy (non-hydrogen) atoms. The SMILES string of the molecule is [S]=[Sn].c1cc2sccc2s1. The van der Waals surface area contributed by atoms with Crippen LogP contribution in [0.5, 0.6) is 0 Å². The summed E-state index contributed by atoms with van der Waals surface area (Å²) in [6.07, 6.45) is 0. The van der Waals surface area contributed by atoms with Gasteiger partial charge >= 0.3 is 29.9 Å². The van der Waals surface area contributed by atoms with Gasteiger partial charge in [0.25, 0.3) is 0 Å². The first-order valence-corrected chi connectivity index (χ1v) is 8.24. The van der Waals surface area contributed by atoms with Gasteiger partial charge in [0.15, 0.2) is 0 Å². The van der Waals surface area contributed by atoms with Crippen molar-refractivity contribution < 1.29 is 0 Å². The molecule has 0 unspecified atom stereocenters. The third-order valence-electron chi connectivity index (χ3n) is 1.07. The fourth-order valence-electron chi connectivity index (χ4n) is 0.697. The number of hydrogen-bond donors (Lipinski definition) is 0. The molecule has 0 aliphatic carbocycles. The third-order valence-corrected chi connectivity index (χ3v) is 2.97. The van der Waals surface area contributed by atoms with Gasteiger partial charge in [-0.1, -0.05) is 0 Å². The Balaban J connectivity index is 0.000000231. The van der Waals surface area contributed by atoms with Crippen molar-refractivity contribution in [2.45, 2.75) is 0 Å². The predicted molar refractivity (Wildman–Crippen MR) is 53.0 cm³/mol. The van der Waals surface area contributed by atoms with Crippen LogP contribution in [0.15, 0.2) is 22.9 Å². The first kappa shape index (κ1) is 8.77. The second kappa shape index (κ2) is 4.53. The second-order valence-electron chi connectivity index (χ2n) is 1.57.